The van der Waals surface area contributed by atoms with E-state index in [1.807, 2.05) is 52.9 Å². The molecule has 0 radical (unpaired) electrons. The molecule has 6 nitrogen and oxygen atoms in total. The van der Waals surface area contributed by atoms with Crippen molar-refractivity contribution in [1.29, 1.82) is 0 Å². The molecule has 1 amide bonds. The molecule has 1 fully saturated rings. The molecular weight excluding hydrogens is 454 g/mol. The molecule has 0 spiro atoms. The van der Waals surface area contributed by atoms with E-state index in [2.05, 4.69) is 15.0 Å². The van der Waals surface area contributed by atoms with E-state index in [0.717, 1.165) is 46.6 Å². The van der Waals surface area contributed by atoms with Crippen LogP contribution in [0.25, 0.3) is 22.5 Å². The number of amides is 1. The van der Waals surface area contributed by atoms with Gasteiger partial charge in [0.15, 0.2) is 5.82 Å². The molecule has 0 aromatic carbocycles. The van der Waals surface area contributed by atoms with Crippen LogP contribution in [0.2, 0.25) is 0 Å². The maximum absolute atomic E-state index is 13.0. The van der Waals surface area contributed by atoms with Gasteiger partial charge in [0.2, 0.25) is 5.91 Å². The molecule has 1 aliphatic rings. The van der Waals surface area contributed by atoms with Gasteiger partial charge in [-0.25, -0.2) is 9.97 Å². The van der Waals surface area contributed by atoms with Crippen molar-refractivity contribution >= 4 is 29.7 Å². The number of piperidine rings is 1. The molecule has 0 bridgehead atoms. The summed E-state index contributed by atoms with van der Waals surface area (Å²) in [5.74, 6) is 1.02. The largest absolute Gasteiger partial charge is 0.342 e. The van der Waals surface area contributed by atoms with Gasteiger partial charge in [-0.2, -0.15) is 0 Å². The number of carbonyl (C=O) groups is 1. The van der Waals surface area contributed by atoms with Gasteiger partial charge in [-0.3, -0.25) is 14.8 Å². The van der Waals surface area contributed by atoms with E-state index in [1.54, 1.807) is 36.1 Å². The highest BCUT2D eigenvalue weighted by atomic mass is 35.5. The van der Waals surface area contributed by atoms with Crippen molar-refractivity contribution in [2.45, 2.75) is 25.2 Å². The lowest BCUT2D eigenvalue weighted by molar-refractivity contribution is -0.131. The highest BCUT2D eigenvalue weighted by molar-refractivity contribution is 7.10. The quantitative estimate of drug-likeness (QED) is 0.403. The molecule has 0 aliphatic carbocycles. The summed E-state index contributed by atoms with van der Waals surface area (Å²) in [6, 6.07) is 11.8. The van der Waals surface area contributed by atoms with E-state index < -0.39 is 0 Å². The number of hydrogen-bond acceptors (Lipinski definition) is 6. The second-order valence-corrected chi connectivity index (χ2v) is 8.93. The molecule has 1 unspecified atom stereocenters. The fourth-order valence-corrected chi connectivity index (χ4v) is 4.90. The van der Waals surface area contributed by atoms with Crippen molar-refractivity contribution in [3.63, 3.8) is 0 Å². The molecular formula is C25H24ClN5OS. The molecule has 33 heavy (non-hydrogen) atoms. The number of carbonyl (C=O) groups excluding carboxylic acids is 1. The SMILES string of the molecule is Cl.O=C(Cc1cccs1)N1CCCC(c2nc(-c3ccncc3)ncc2-c2ccncc2)C1. The van der Waals surface area contributed by atoms with E-state index in [0.29, 0.717) is 18.8 Å². The summed E-state index contributed by atoms with van der Waals surface area (Å²) in [6.07, 6.45) is 11.4. The number of rotatable bonds is 5. The van der Waals surface area contributed by atoms with Crippen LogP contribution in [-0.4, -0.2) is 43.8 Å². The maximum Gasteiger partial charge on any atom is 0.227 e. The smallest absolute Gasteiger partial charge is 0.227 e. The normalized spacial score (nSPS) is 15.6. The van der Waals surface area contributed by atoms with Gasteiger partial charge in [0.05, 0.1) is 12.1 Å². The number of aromatic nitrogens is 4. The van der Waals surface area contributed by atoms with E-state index in [9.17, 15) is 4.79 Å². The Balaban J connectivity index is 0.00000259. The van der Waals surface area contributed by atoms with Gasteiger partial charge in [0.25, 0.3) is 0 Å². The molecule has 5 rings (SSSR count). The number of thiophene rings is 1. The third-order valence-corrected chi connectivity index (χ3v) is 6.69. The zero-order valence-corrected chi connectivity index (χ0v) is 19.6. The molecule has 0 saturated carbocycles. The van der Waals surface area contributed by atoms with Crippen molar-refractivity contribution in [1.82, 2.24) is 24.8 Å². The number of hydrogen-bond donors (Lipinski definition) is 0. The second kappa shape index (κ2) is 10.6. The third-order valence-electron chi connectivity index (χ3n) is 5.81. The predicted molar refractivity (Wildman–Crippen MR) is 132 cm³/mol. The monoisotopic (exact) mass is 477 g/mol. The van der Waals surface area contributed by atoms with Crippen molar-refractivity contribution in [2.24, 2.45) is 0 Å². The minimum absolute atomic E-state index is 0. The Morgan fingerprint density at radius 2 is 1.76 bits per heavy atom. The summed E-state index contributed by atoms with van der Waals surface area (Å²) in [7, 11) is 0. The lowest BCUT2D eigenvalue weighted by atomic mass is 9.89. The summed E-state index contributed by atoms with van der Waals surface area (Å²) in [5.41, 5.74) is 3.97. The Kier molecular flexibility index (Phi) is 7.42. The van der Waals surface area contributed by atoms with E-state index in [1.165, 1.54) is 0 Å². The summed E-state index contributed by atoms with van der Waals surface area (Å²) in [5, 5.41) is 2.02. The number of pyridine rings is 2. The first-order chi connectivity index (χ1) is 15.8. The zero-order chi connectivity index (χ0) is 21.8. The summed E-state index contributed by atoms with van der Waals surface area (Å²) < 4.78 is 0. The van der Waals surface area contributed by atoms with Crippen LogP contribution in [-0.2, 0) is 11.2 Å². The second-order valence-electron chi connectivity index (χ2n) is 7.90. The van der Waals surface area contributed by atoms with Crippen LogP contribution in [0.5, 0.6) is 0 Å². The van der Waals surface area contributed by atoms with Crippen LogP contribution in [0, 0.1) is 0 Å². The first-order valence-electron chi connectivity index (χ1n) is 10.8. The zero-order valence-electron chi connectivity index (χ0n) is 18.0. The maximum atomic E-state index is 13.0. The Hall–Kier alpha value is -3.16. The first kappa shape index (κ1) is 23.0. The molecule has 4 aromatic heterocycles. The van der Waals surface area contributed by atoms with Gasteiger partial charge in [0, 0.05) is 66.0 Å². The molecule has 1 atom stereocenters. The number of halogens is 1. The van der Waals surface area contributed by atoms with E-state index in [4.69, 9.17) is 4.98 Å². The minimum atomic E-state index is 0. The van der Waals surface area contributed by atoms with Crippen LogP contribution in [0.1, 0.15) is 29.3 Å². The molecule has 1 saturated heterocycles. The van der Waals surface area contributed by atoms with Crippen LogP contribution in [0.15, 0.2) is 72.8 Å². The highest BCUT2D eigenvalue weighted by Gasteiger charge is 2.28. The molecule has 5 heterocycles. The van der Waals surface area contributed by atoms with Crippen molar-refractivity contribution < 1.29 is 4.79 Å². The lowest BCUT2D eigenvalue weighted by Gasteiger charge is -2.33. The Morgan fingerprint density at radius 1 is 1.03 bits per heavy atom. The molecule has 4 aromatic rings. The third kappa shape index (κ3) is 5.26. The fraction of sp³-hybridized carbons (Fsp3) is 0.240. The highest BCUT2D eigenvalue weighted by Crippen LogP contribution is 2.34. The fourth-order valence-electron chi connectivity index (χ4n) is 4.20. The standard InChI is InChI=1S/C25H23N5OS.ClH/c31-23(15-21-4-2-14-32-21)30-13-1-3-20(17-30)24-22(18-5-9-26-10-6-18)16-28-25(29-24)19-7-11-27-12-8-19;/h2,4-12,14,16,20H,1,3,13,15,17H2;1H. The van der Waals surface area contributed by atoms with Gasteiger partial charge in [-0.1, -0.05) is 6.07 Å². The van der Waals surface area contributed by atoms with Gasteiger partial charge < -0.3 is 4.90 Å². The summed E-state index contributed by atoms with van der Waals surface area (Å²) in [6.45, 7) is 1.47. The minimum Gasteiger partial charge on any atom is -0.342 e. The molecule has 168 valence electrons. The number of likely N-dealkylation sites (tertiary alicyclic amines) is 1. The van der Waals surface area contributed by atoms with Crippen molar-refractivity contribution in [3.05, 3.63) is 83.3 Å². The van der Waals surface area contributed by atoms with Crippen molar-refractivity contribution in [2.75, 3.05) is 13.1 Å². The average molecular weight is 478 g/mol. The average Bonchev–Trinajstić information content (AvgIpc) is 3.38. The molecule has 8 heteroatoms. The van der Waals surface area contributed by atoms with E-state index in [-0.39, 0.29) is 24.2 Å². The molecule has 0 N–H and O–H groups in total. The van der Waals surface area contributed by atoms with Crippen LogP contribution >= 0.6 is 23.7 Å². The Morgan fingerprint density at radius 3 is 2.45 bits per heavy atom. The number of nitrogens with zero attached hydrogens (tertiary/aromatic N) is 5. The topological polar surface area (TPSA) is 71.9 Å². The van der Waals surface area contributed by atoms with E-state index >= 15 is 0 Å². The van der Waals surface area contributed by atoms with Crippen LogP contribution in [0.4, 0.5) is 0 Å². The Labute approximate surface area is 203 Å². The predicted octanol–water partition coefficient (Wildman–Crippen LogP) is 5.03. The van der Waals surface area contributed by atoms with Gasteiger partial charge in [-0.05, 0) is 54.1 Å². The lowest BCUT2D eigenvalue weighted by Crippen LogP contribution is -2.40. The first-order valence-corrected chi connectivity index (χ1v) is 11.6. The van der Waals surface area contributed by atoms with Crippen LogP contribution in [0.3, 0.4) is 0 Å². The molecule has 1 aliphatic heterocycles. The van der Waals surface area contributed by atoms with Gasteiger partial charge in [0.1, 0.15) is 0 Å². The Bertz CT molecular complexity index is 1190. The van der Waals surface area contributed by atoms with Gasteiger partial charge >= 0.3 is 0 Å². The summed E-state index contributed by atoms with van der Waals surface area (Å²) in [4.78, 5) is 34.0. The van der Waals surface area contributed by atoms with Gasteiger partial charge in [-0.15, -0.1) is 23.7 Å². The summed E-state index contributed by atoms with van der Waals surface area (Å²) >= 11 is 1.63. The van der Waals surface area contributed by atoms with Crippen LogP contribution < -0.4 is 0 Å². The van der Waals surface area contributed by atoms with Crippen molar-refractivity contribution in [3.8, 4) is 22.5 Å².